The Morgan fingerprint density at radius 1 is 1.14 bits per heavy atom. The van der Waals surface area contributed by atoms with Crippen molar-refractivity contribution in [2.45, 2.75) is 33.6 Å². The molecule has 1 rings (SSSR count). The number of hydrogen-bond donors (Lipinski definition) is 0. The van der Waals surface area contributed by atoms with Gasteiger partial charge in [0.1, 0.15) is 11.9 Å². The van der Waals surface area contributed by atoms with Gasteiger partial charge in [0.25, 0.3) is 0 Å². The summed E-state index contributed by atoms with van der Waals surface area (Å²) in [7, 11) is -0.735. The van der Waals surface area contributed by atoms with Crippen molar-refractivity contribution < 1.29 is 23.2 Å². The predicted molar refractivity (Wildman–Crippen MR) is 80.3 cm³/mol. The molecular formula is C14H26NO5P. The first-order valence-electron chi connectivity index (χ1n) is 7.15. The third-order valence-electron chi connectivity index (χ3n) is 3.78. The summed E-state index contributed by atoms with van der Waals surface area (Å²) in [6.07, 6.45) is 1.01. The minimum absolute atomic E-state index is 0.104. The van der Waals surface area contributed by atoms with E-state index in [9.17, 15) is 14.2 Å². The first-order chi connectivity index (χ1) is 9.63. The molecule has 1 fully saturated rings. The highest BCUT2D eigenvalue weighted by Crippen LogP contribution is 2.47. The van der Waals surface area contributed by atoms with E-state index in [4.69, 9.17) is 9.05 Å². The van der Waals surface area contributed by atoms with Crippen LogP contribution in [0.5, 0.6) is 0 Å². The average molecular weight is 319 g/mol. The molecule has 0 bridgehead atoms. The van der Waals surface area contributed by atoms with E-state index in [1.165, 1.54) is 14.2 Å². The van der Waals surface area contributed by atoms with E-state index in [0.29, 0.717) is 25.9 Å². The maximum atomic E-state index is 12.2. The summed E-state index contributed by atoms with van der Waals surface area (Å²) in [4.78, 5) is 26.1. The molecule has 0 aromatic rings. The topological polar surface area (TPSA) is 72.9 Å². The molecule has 0 spiro atoms. The lowest BCUT2D eigenvalue weighted by molar-refractivity contribution is -0.142. The van der Waals surface area contributed by atoms with Crippen molar-refractivity contribution in [2.24, 2.45) is 11.3 Å². The summed E-state index contributed by atoms with van der Waals surface area (Å²) < 4.78 is 21.6. The van der Waals surface area contributed by atoms with Crippen molar-refractivity contribution >= 4 is 19.3 Å². The number of likely N-dealkylation sites (tertiary alicyclic amines) is 1. The second kappa shape index (κ2) is 7.03. The number of carbonyl (C=O) groups excluding carboxylic acids is 2. The van der Waals surface area contributed by atoms with E-state index in [1.807, 2.05) is 20.8 Å². The standard InChI is InChI=1S/C14H26NO5P/c1-14(2,3)13(17)15-8-6-11(7-9-15)12(16)10-21(18,19-4)20-5/h11H,6-10H2,1-5H3. The van der Waals surface area contributed by atoms with Crippen LogP contribution in [0.3, 0.4) is 0 Å². The fraction of sp³-hybridized carbons (Fsp3) is 0.857. The Hall–Kier alpha value is -0.710. The Kier molecular flexibility index (Phi) is 6.14. The van der Waals surface area contributed by atoms with Gasteiger partial charge in [0.05, 0.1) is 0 Å². The third kappa shape index (κ3) is 4.90. The molecule has 1 amide bonds. The van der Waals surface area contributed by atoms with E-state index >= 15 is 0 Å². The zero-order chi connectivity index (χ0) is 16.3. The number of hydrogen-bond acceptors (Lipinski definition) is 5. The maximum absolute atomic E-state index is 12.2. The molecule has 7 heteroatoms. The molecule has 1 heterocycles. The molecule has 21 heavy (non-hydrogen) atoms. The fourth-order valence-electron chi connectivity index (χ4n) is 2.40. The smallest absolute Gasteiger partial charge is 0.337 e. The third-order valence-corrected chi connectivity index (χ3v) is 5.60. The molecule has 1 aliphatic heterocycles. The lowest BCUT2D eigenvalue weighted by Gasteiger charge is -2.35. The SMILES string of the molecule is COP(=O)(CC(=O)C1CCN(C(=O)C(C)(C)C)CC1)OC. The molecule has 0 aromatic carbocycles. The van der Waals surface area contributed by atoms with Gasteiger partial charge in [-0.25, -0.2) is 0 Å². The van der Waals surface area contributed by atoms with Crippen LogP contribution < -0.4 is 0 Å². The molecule has 0 aromatic heterocycles. The number of amides is 1. The van der Waals surface area contributed by atoms with Crippen LogP contribution in [0.4, 0.5) is 0 Å². The van der Waals surface area contributed by atoms with Crippen molar-refractivity contribution in [3.8, 4) is 0 Å². The second-order valence-electron chi connectivity index (χ2n) is 6.42. The molecule has 0 unspecified atom stereocenters. The monoisotopic (exact) mass is 319 g/mol. The number of rotatable bonds is 5. The molecule has 1 aliphatic rings. The second-order valence-corrected chi connectivity index (χ2v) is 8.69. The van der Waals surface area contributed by atoms with Gasteiger partial charge in [-0.1, -0.05) is 20.8 Å². The summed E-state index contributed by atoms with van der Waals surface area (Å²) >= 11 is 0. The first kappa shape index (κ1) is 18.3. The summed E-state index contributed by atoms with van der Waals surface area (Å²) in [6.45, 7) is 6.80. The largest absolute Gasteiger partial charge is 0.342 e. The van der Waals surface area contributed by atoms with E-state index in [1.54, 1.807) is 4.90 Å². The van der Waals surface area contributed by atoms with Crippen LogP contribution in [0.15, 0.2) is 0 Å². The van der Waals surface area contributed by atoms with E-state index < -0.39 is 13.0 Å². The van der Waals surface area contributed by atoms with Crippen LogP contribution >= 0.6 is 7.60 Å². The lowest BCUT2D eigenvalue weighted by Crippen LogP contribution is -2.45. The predicted octanol–water partition coefficient (Wildman–Crippen LogP) is 2.33. The van der Waals surface area contributed by atoms with Crippen molar-refractivity contribution in [1.29, 1.82) is 0 Å². The van der Waals surface area contributed by atoms with Gasteiger partial charge in [0.15, 0.2) is 0 Å². The van der Waals surface area contributed by atoms with Crippen LogP contribution in [0.1, 0.15) is 33.6 Å². The van der Waals surface area contributed by atoms with Gasteiger partial charge < -0.3 is 13.9 Å². The highest BCUT2D eigenvalue weighted by molar-refractivity contribution is 7.54. The molecular weight excluding hydrogens is 293 g/mol. The van der Waals surface area contributed by atoms with Gasteiger partial charge >= 0.3 is 7.60 Å². The summed E-state index contributed by atoms with van der Waals surface area (Å²) in [6, 6.07) is 0. The highest BCUT2D eigenvalue weighted by Gasteiger charge is 2.35. The van der Waals surface area contributed by atoms with Crippen LogP contribution in [-0.2, 0) is 23.2 Å². The van der Waals surface area contributed by atoms with Crippen molar-refractivity contribution in [1.82, 2.24) is 4.90 Å². The van der Waals surface area contributed by atoms with Gasteiger partial charge in [0.2, 0.25) is 5.91 Å². The number of ketones is 1. The Morgan fingerprint density at radius 3 is 2.00 bits per heavy atom. The van der Waals surface area contributed by atoms with Gasteiger partial charge in [-0.15, -0.1) is 0 Å². The zero-order valence-corrected chi connectivity index (χ0v) is 14.4. The minimum Gasteiger partial charge on any atom is -0.342 e. The van der Waals surface area contributed by atoms with Crippen molar-refractivity contribution in [2.75, 3.05) is 33.5 Å². The molecule has 1 saturated heterocycles. The fourth-order valence-corrected chi connectivity index (χ4v) is 3.45. The van der Waals surface area contributed by atoms with Crippen LogP contribution in [0.25, 0.3) is 0 Å². The molecule has 0 saturated carbocycles. The van der Waals surface area contributed by atoms with Gasteiger partial charge in [0, 0.05) is 38.6 Å². The molecule has 0 radical (unpaired) electrons. The zero-order valence-electron chi connectivity index (χ0n) is 13.5. The van der Waals surface area contributed by atoms with E-state index in [0.717, 1.165) is 0 Å². The van der Waals surface area contributed by atoms with Crippen LogP contribution in [-0.4, -0.2) is 50.1 Å². The Bertz CT molecular complexity index is 427. The summed E-state index contributed by atoms with van der Waals surface area (Å²) in [5.74, 6) is -0.176. The highest BCUT2D eigenvalue weighted by atomic mass is 31.2. The first-order valence-corrected chi connectivity index (χ1v) is 8.88. The Morgan fingerprint density at radius 2 is 1.62 bits per heavy atom. The number of nitrogens with zero attached hydrogens (tertiary/aromatic N) is 1. The van der Waals surface area contributed by atoms with Crippen LogP contribution in [0, 0.1) is 11.3 Å². The van der Waals surface area contributed by atoms with Gasteiger partial charge in [-0.2, -0.15) is 0 Å². The Labute approximate surface area is 126 Å². The van der Waals surface area contributed by atoms with E-state index in [-0.39, 0.29) is 23.8 Å². The van der Waals surface area contributed by atoms with Gasteiger partial charge in [-0.3, -0.25) is 14.2 Å². The molecule has 6 nitrogen and oxygen atoms in total. The molecule has 0 aliphatic carbocycles. The summed E-state index contributed by atoms with van der Waals surface area (Å²) in [5.41, 5.74) is -0.404. The Balaban J connectivity index is 2.55. The van der Waals surface area contributed by atoms with Crippen LogP contribution in [0.2, 0.25) is 0 Å². The molecule has 0 atom stereocenters. The van der Waals surface area contributed by atoms with Crippen molar-refractivity contribution in [3.63, 3.8) is 0 Å². The minimum atomic E-state index is -3.29. The summed E-state index contributed by atoms with van der Waals surface area (Å²) in [5, 5.41) is 0. The van der Waals surface area contributed by atoms with Crippen molar-refractivity contribution in [3.05, 3.63) is 0 Å². The van der Waals surface area contributed by atoms with Gasteiger partial charge in [-0.05, 0) is 12.8 Å². The molecule has 0 N–H and O–H groups in total. The number of carbonyl (C=O) groups is 2. The quantitative estimate of drug-likeness (QED) is 0.727. The van der Waals surface area contributed by atoms with E-state index in [2.05, 4.69) is 0 Å². The normalized spacial score (nSPS) is 17.9. The number of Topliss-reactive ketones (excluding diaryl/α,β-unsaturated/α-hetero) is 1. The number of piperidine rings is 1. The maximum Gasteiger partial charge on any atom is 0.337 e. The lowest BCUT2D eigenvalue weighted by atomic mass is 9.89. The average Bonchev–Trinajstić information content (AvgIpc) is 2.45. The molecule has 122 valence electrons.